The van der Waals surface area contributed by atoms with Gasteiger partial charge >= 0.3 is 29.0 Å². The maximum Gasteiger partial charge on any atom is 2.00 e. The van der Waals surface area contributed by atoms with Crippen molar-refractivity contribution in [2.75, 3.05) is 7.11 Å². The largest absolute Gasteiger partial charge is 2.00 e. The zero-order valence-corrected chi connectivity index (χ0v) is 27.7. The molecule has 9 nitrogen and oxygen atoms in total. The van der Waals surface area contributed by atoms with Gasteiger partial charge in [0.2, 0.25) is 0 Å². The fraction of sp³-hybridized carbons (Fsp3) is 0.314. The van der Waals surface area contributed by atoms with Gasteiger partial charge in [0.25, 0.3) is 0 Å². The first-order valence-corrected chi connectivity index (χ1v) is 14.7. The third-order valence-corrected chi connectivity index (χ3v) is 9.26. The summed E-state index contributed by atoms with van der Waals surface area (Å²) in [4.78, 5) is 44.6. The predicted molar refractivity (Wildman–Crippen MR) is 171 cm³/mol. The Hall–Kier alpha value is -4.15. The summed E-state index contributed by atoms with van der Waals surface area (Å²) in [6, 6.07) is 5.75. The smallest absolute Gasteiger partial charge is 0.871 e. The number of hydrogen-bond donors (Lipinski definition) is 0. The minimum Gasteiger partial charge on any atom is -0.871 e. The van der Waals surface area contributed by atoms with Crippen LogP contribution >= 0.6 is 0 Å². The van der Waals surface area contributed by atoms with Crippen molar-refractivity contribution in [3.63, 3.8) is 0 Å². The standard InChI is InChI=1S/C35H36N4O5.Mg/c1-8-19-15(3)22-12-24-17(5)21(10-11-28(40)41)32(38-24)30-31(35(43)44-7)34(42)29-18(6)25(39-33(29)30)14-27-20(9-2)16(4)23(37-27)13-26(19)36-22;/h8-9,12-14,16-17,21H,1,10-11H2,2-7H3,(H4,36,37,38,39,40,41,42,43);/q;+2/p-4/b20-9+;/t16-,17+,21+;/m1./s1. The Bertz CT molecular complexity index is 2020. The molecule has 0 aromatic carbocycles. The maximum atomic E-state index is 13.9. The average molecular weight is 613 g/mol. The molecule has 0 N–H and O–H groups in total. The van der Waals surface area contributed by atoms with Crippen LogP contribution in [0.5, 0.6) is 0 Å². The molecule has 2 aliphatic heterocycles. The van der Waals surface area contributed by atoms with E-state index in [1.807, 2.05) is 45.0 Å². The van der Waals surface area contributed by atoms with E-state index in [4.69, 9.17) is 24.7 Å². The second-order valence-corrected chi connectivity index (χ2v) is 11.6. The molecule has 0 radical (unpaired) electrons. The summed E-state index contributed by atoms with van der Waals surface area (Å²) >= 11 is 0. The molecule has 45 heavy (non-hydrogen) atoms. The number of rotatable bonds is 5. The van der Waals surface area contributed by atoms with Crippen LogP contribution in [-0.4, -0.2) is 52.1 Å². The molecule has 0 spiro atoms. The molecule has 5 heterocycles. The maximum absolute atomic E-state index is 13.9. The van der Waals surface area contributed by atoms with Crippen LogP contribution in [-0.2, 0) is 14.3 Å². The van der Waals surface area contributed by atoms with Crippen LogP contribution in [0.2, 0.25) is 0 Å². The number of carbonyl (C=O) groups excluding carboxylic acids is 2. The van der Waals surface area contributed by atoms with Crippen LogP contribution in [0.4, 0.5) is 0 Å². The molecule has 3 aromatic rings. The van der Waals surface area contributed by atoms with Crippen molar-refractivity contribution >= 4 is 80.0 Å². The first-order valence-electron chi connectivity index (χ1n) is 14.7. The summed E-state index contributed by atoms with van der Waals surface area (Å²) in [6.07, 6.45) is 3.79. The van der Waals surface area contributed by atoms with Crippen molar-refractivity contribution in [3.05, 3.63) is 81.4 Å². The molecule has 1 aliphatic carbocycles. The number of fused-ring (bicyclic) bond motifs is 8. The first-order chi connectivity index (χ1) is 21.0. The number of nitrogens with zero attached hydrogens (tertiary/aromatic N) is 4. The number of carbonyl (C=O) groups is 2. The van der Waals surface area contributed by atoms with Crippen LogP contribution in [0.3, 0.4) is 0 Å². The Kier molecular flexibility index (Phi) is 8.58. The molecule has 226 valence electrons. The molecule has 3 atom stereocenters. The summed E-state index contributed by atoms with van der Waals surface area (Å²) in [7, 11) is 1.22. The Morgan fingerprint density at radius 1 is 1.02 bits per heavy atom. The van der Waals surface area contributed by atoms with E-state index in [0.29, 0.717) is 44.6 Å². The number of hydrogen-bond acceptors (Lipinski definition) is 7. The van der Waals surface area contributed by atoms with E-state index < -0.39 is 23.6 Å². The summed E-state index contributed by atoms with van der Waals surface area (Å²) in [6.45, 7) is 13.8. The Morgan fingerprint density at radius 3 is 2.36 bits per heavy atom. The molecule has 0 saturated carbocycles. The first kappa shape index (κ1) is 32.2. The van der Waals surface area contributed by atoms with Gasteiger partial charge in [-0.1, -0.05) is 67.7 Å². The number of aromatic nitrogens is 4. The third kappa shape index (κ3) is 5.00. The van der Waals surface area contributed by atoms with Gasteiger partial charge < -0.3 is 29.7 Å². The number of carboxylic acids is 1. The molecule has 3 aliphatic rings. The SMILES string of the molecule is C=Cc1c(C)c2cc3nc(c4c5[n-]c(cc6nc(cc1[n-]2)[C@H](C)/C6=C\C)c(C)c5C([O-])=C4C(=O)OC)[C@@H](CCC(=O)[O-])[C@@H]3C.[Mg+2]. The van der Waals surface area contributed by atoms with E-state index in [2.05, 4.69) is 13.5 Å². The summed E-state index contributed by atoms with van der Waals surface area (Å²) < 4.78 is 5.07. The van der Waals surface area contributed by atoms with Gasteiger partial charge in [0.15, 0.2) is 0 Å². The van der Waals surface area contributed by atoms with Gasteiger partial charge in [-0.15, -0.1) is 22.1 Å². The zero-order valence-electron chi connectivity index (χ0n) is 26.3. The minimum atomic E-state index is -1.19. The number of esters is 1. The van der Waals surface area contributed by atoms with Crippen molar-refractivity contribution in [3.8, 4) is 0 Å². The summed E-state index contributed by atoms with van der Waals surface area (Å²) in [5, 5.41) is 25.5. The molecular weight excluding hydrogens is 581 g/mol. The van der Waals surface area contributed by atoms with Crippen LogP contribution in [0, 0.1) is 13.8 Å². The van der Waals surface area contributed by atoms with Crippen molar-refractivity contribution < 1.29 is 24.5 Å². The molecule has 0 amide bonds. The number of allylic oxidation sites excluding steroid dienone is 2. The Labute approximate surface area is 277 Å². The minimum absolute atomic E-state index is 0. The molecule has 0 unspecified atom stereocenters. The van der Waals surface area contributed by atoms with E-state index in [9.17, 15) is 19.8 Å². The van der Waals surface area contributed by atoms with Crippen molar-refractivity contribution in [1.29, 1.82) is 0 Å². The molecule has 6 rings (SSSR count). The van der Waals surface area contributed by atoms with Gasteiger partial charge in [0, 0.05) is 35.1 Å². The van der Waals surface area contributed by atoms with E-state index in [1.54, 1.807) is 13.0 Å². The average Bonchev–Trinajstić information content (AvgIpc) is 3.72. The van der Waals surface area contributed by atoms with Crippen molar-refractivity contribution in [2.24, 2.45) is 0 Å². The van der Waals surface area contributed by atoms with Crippen LogP contribution in [0.25, 0.3) is 45.0 Å². The van der Waals surface area contributed by atoms with Crippen LogP contribution in [0.1, 0.15) is 102 Å². The van der Waals surface area contributed by atoms with Gasteiger partial charge in [-0.05, 0) is 55.9 Å². The van der Waals surface area contributed by atoms with Crippen molar-refractivity contribution in [2.45, 2.75) is 65.2 Å². The molecule has 8 bridgehead atoms. The van der Waals surface area contributed by atoms with Gasteiger partial charge in [0.1, 0.15) is 0 Å². The fourth-order valence-corrected chi connectivity index (χ4v) is 6.77. The number of ether oxygens (including phenoxy) is 1. The van der Waals surface area contributed by atoms with Crippen LogP contribution in [0.15, 0.2) is 30.9 Å². The molecule has 3 aromatic heterocycles. The molecule has 10 heteroatoms. The van der Waals surface area contributed by atoms with Gasteiger partial charge in [0.05, 0.1) is 24.1 Å². The van der Waals surface area contributed by atoms with Gasteiger partial charge in [-0.2, -0.15) is 0 Å². The van der Waals surface area contributed by atoms with Crippen molar-refractivity contribution in [1.82, 2.24) is 19.9 Å². The topological polar surface area (TPSA) is 143 Å². The fourth-order valence-electron chi connectivity index (χ4n) is 6.77. The molecular formula is C35H32MgN4O5-2. The molecule has 0 fully saturated rings. The van der Waals surface area contributed by atoms with E-state index in [1.165, 1.54) is 7.11 Å². The predicted octanol–water partition coefficient (Wildman–Crippen LogP) is 3.79. The van der Waals surface area contributed by atoms with Gasteiger partial charge in [-0.3, -0.25) is 9.97 Å². The van der Waals surface area contributed by atoms with E-state index in [0.717, 1.165) is 33.6 Å². The second-order valence-electron chi connectivity index (χ2n) is 11.6. The molecule has 0 saturated heterocycles. The van der Waals surface area contributed by atoms with E-state index in [-0.39, 0.29) is 53.3 Å². The quantitative estimate of drug-likeness (QED) is 0.310. The normalized spacial score (nSPS) is 19.5. The van der Waals surface area contributed by atoms with Gasteiger partial charge in [-0.25, -0.2) is 4.79 Å². The summed E-state index contributed by atoms with van der Waals surface area (Å²) in [5.74, 6) is -3.15. The monoisotopic (exact) mass is 612 g/mol. The summed E-state index contributed by atoms with van der Waals surface area (Å²) in [5.41, 5.74) is 8.93. The zero-order chi connectivity index (χ0) is 31.6. The Balaban J connectivity index is 0.00000400. The Morgan fingerprint density at radius 2 is 1.71 bits per heavy atom. The number of aryl methyl sites for hydroxylation is 2. The third-order valence-electron chi connectivity index (χ3n) is 9.26. The number of methoxy groups -OCH3 is 1. The van der Waals surface area contributed by atoms with Crippen LogP contribution < -0.4 is 20.2 Å². The number of carboxylic acid groups (broad SMARTS) is 1. The second kappa shape index (κ2) is 12.0. The van der Waals surface area contributed by atoms with E-state index >= 15 is 0 Å². The number of aliphatic carboxylic acids is 1.